The molecule has 0 aromatic rings. The van der Waals surface area contributed by atoms with E-state index in [0.29, 0.717) is 11.9 Å². The minimum absolute atomic E-state index is 0.329. The predicted molar refractivity (Wildman–Crippen MR) is 104 cm³/mol. The van der Waals surface area contributed by atoms with Gasteiger partial charge in [0, 0.05) is 43.9 Å². The summed E-state index contributed by atoms with van der Waals surface area (Å²) in [7, 11) is 0. The summed E-state index contributed by atoms with van der Waals surface area (Å²) >= 11 is 1.98. The van der Waals surface area contributed by atoms with E-state index in [2.05, 4.69) is 23.8 Å². The SMILES string of the molecule is CCNC(=NCCCN1CCCCCC1=O)NC1CCC(SC)C1. The van der Waals surface area contributed by atoms with E-state index in [9.17, 15) is 4.79 Å². The molecule has 2 unspecified atom stereocenters. The van der Waals surface area contributed by atoms with E-state index < -0.39 is 0 Å². The molecule has 0 radical (unpaired) electrons. The van der Waals surface area contributed by atoms with Crippen molar-refractivity contribution >= 4 is 23.6 Å². The Bertz CT molecular complexity index is 416. The summed E-state index contributed by atoms with van der Waals surface area (Å²) < 4.78 is 0. The summed E-state index contributed by atoms with van der Waals surface area (Å²) in [5.41, 5.74) is 0. The Hall–Kier alpha value is -0.910. The van der Waals surface area contributed by atoms with E-state index in [4.69, 9.17) is 4.99 Å². The number of thioether (sulfide) groups is 1. The van der Waals surface area contributed by atoms with Crippen LogP contribution in [0.15, 0.2) is 4.99 Å². The molecule has 2 atom stereocenters. The first-order chi connectivity index (χ1) is 11.7. The second kappa shape index (κ2) is 10.9. The molecule has 1 saturated carbocycles. The van der Waals surface area contributed by atoms with Gasteiger partial charge in [0.15, 0.2) is 5.96 Å². The summed E-state index contributed by atoms with van der Waals surface area (Å²) in [6.07, 6.45) is 11.0. The highest BCUT2D eigenvalue weighted by Gasteiger charge is 2.24. The Balaban J connectivity index is 1.73. The lowest BCUT2D eigenvalue weighted by atomic mass is 10.2. The van der Waals surface area contributed by atoms with Gasteiger partial charge >= 0.3 is 0 Å². The highest BCUT2D eigenvalue weighted by molar-refractivity contribution is 7.99. The molecule has 2 N–H and O–H groups in total. The third-order valence-corrected chi connectivity index (χ3v) is 6.03. The van der Waals surface area contributed by atoms with Gasteiger partial charge in [-0.15, -0.1) is 0 Å². The lowest BCUT2D eigenvalue weighted by Crippen LogP contribution is -2.42. The summed E-state index contributed by atoms with van der Waals surface area (Å²) in [5.74, 6) is 1.27. The summed E-state index contributed by atoms with van der Waals surface area (Å²) in [5, 5.41) is 7.73. The quantitative estimate of drug-likeness (QED) is 0.419. The smallest absolute Gasteiger partial charge is 0.222 e. The molecule has 0 aromatic heterocycles. The highest BCUT2D eigenvalue weighted by Crippen LogP contribution is 2.28. The van der Waals surface area contributed by atoms with E-state index in [1.807, 2.05) is 16.7 Å². The molecule has 24 heavy (non-hydrogen) atoms. The number of carbonyl (C=O) groups is 1. The zero-order valence-electron chi connectivity index (χ0n) is 15.4. The Labute approximate surface area is 151 Å². The molecule has 1 aliphatic carbocycles. The van der Waals surface area contributed by atoms with Gasteiger partial charge in [-0.05, 0) is 51.7 Å². The van der Waals surface area contributed by atoms with E-state index in [1.165, 1.54) is 25.7 Å². The van der Waals surface area contributed by atoms with Gasteiger partial charge in [0.2, 0.25) is 5.91 Å². The van der Waals surface area contributed by atoms with Crippen molar-refractivity contribution in [3.63, 3.8) is 0 Å². The van der Waals surface area contributed by atoms with Crippen LogP contribution >= 0.6 is 11.8 Å². The Kier molecular flexibility index (Phi) is 8.78. The molecule has 0 spiro atoms. The average Bonchev–Trinajstić information content (AvgIpc) is 2.93. The summed E-state index contributed by atoms with van der Waals surface area (Å²) in [6.45, 7) is 5.54. The van der Waals surface area contributed by atoms with Crippen LogP contribution < -0.4 is 10.6 Å². The molecule has 0 bridgehead atoms. The first-order valence-electron chi connectivity index (χ1n) is 9.58. The van der Waals surface area contributed by atoms with Crippen LogP contribution in [-0.4, -0.2) is 60.5 Å². The number of amides is 1. The first-order valence-corrected chi connectivity index (χ1v) is 10.9. The number of rotatable bonds is 7. The maximum atomic E-state index is 12.0. The first kappa shape index (κ1) is 19.4. The molecule has 5 nitrogen and oxygen atoms in total. The van der Waals surface area contributed by atoms with Crippen molar-refractivity contribution in [3.8, 4) is 0 Å². The van der Waals surface area contributed by atoms with Crippen LogP contribution in [-0.2, 0) is 4.79 Å². The number of likely N-dealkylation sites (tertiary alicyclic amines) is 1. The maximum absolute atomic E-state index is 12.0. The number of carbonyl (C=O) groups excluding carboxylic acids is 1. The number of nitrogens with one attached hydrogen (secondary N) is 2. The molecule has 1 saturated heterocycles. The van der Waals surface area contributed by atoms with Crippen molar-refractivity contribution in [1.82, 2.24) is 15.5 Å². The fourth-order valence-electron chi connectivity index (χ4n) is 3.53. The zero-order valence-corrected chi connectivity index (χ0v) is 16.2. The Morgan fingerprint density at radius 2 is 2.21 bits per heavy atom. The van der Waals surface area contributed by atoms with Gasteiger partial charge in [0.05, 0.1) is 0 Å². The van der Waals surface area contributed by atoms with Gasteiger partial charge < -0.3 is 15.5 Å². The molecule has 138 valence electrons. The van der Waals surface area contributed by atoms with E-state index >= 15 is 0 Å². The van der Waals surface area contributed by atoms with E-state index in [0.717, 1.165) is 63.1 Å². The normalized spacial score (nSPS) is 25.7. The van der Waals surface area contributed by atoms with Crippen molar-refractivity contribution in [3.05, 3.63) is 0 Å². The van der Waals surface area contributed by atoms with Crippen molar-refractivity contribution in [2.24, 2.45) is 4.99 Å². The van der Waals surface area contributed by atoms with E-state index in [-0.39, 0.29) is 0 Å². The Morgan fingerprint density at radius 3 is 2.96 bits per heavy atom. The molecular weight excluding hydrogens is 320 g/mol. The molecule has 0 aromatic carbocycles. The number of hydrogen-bond donors (Lipinski definition) is 2. The molecular formula is C18H34N4OS. The maximum Gasteiger partial charge on any atom is 0.222 e. The van der Waals surface area contributed by atoms with Gasteiger partial charge in [0.25, 0.3) is 0 Å². The van der Waals surface area contributed by atoms with Crippen molar-refractivity contribution in [1.29, 1.82) is 0 Å². The van der Waals surface area contributed by atoms with Crippen LogP contribution in [0.4, 0.5) is 0 Å². The number of hydrogen-bond acceptors (Lipinski definition) is 3. The molecule has 2 fully saturated rings. The van der Waals surface area contributed by atoms with Crippen LogP contribution in [0.1, 0.15) is 58.3 Å². The van der Waals surface area contributed by atoms with Gasteiger partial charge in [-0.3, -0.25) is 9.79 Å². The van der Waals surface area contributed by atoms with Crippen LogP contribution in [0.5, 0.6) is 0 Å². The fraction of sp³-hybridized carbons (Fsp3) is 0.889. The average molecular weight is 355 g/mol. The lowest BCUT2D eigenvalue weighted by Gasteiger charge is -2.20. The minimum Gasteiger partial charge on any atom is -0.357 e. The van der Waals surface area contributed by atoms with E-state index in [1.54, 1.807) is 0 Å². The molecule has 1 aliphatic heterocycles. The van der Waals surface area contributed by atoms with Gasteiger partial charge in [-0.2, -0.15) is 11.8 Å². The number of nitrogens with zero attached hydrogens (tertiary/aromatic N) is 2. The van der Waals surface area contributed by atoms with Crippen LogP contribution in [0.2, 0.25) is 0 Å². The highest BCUT2D eigenvalue weighted by atomic mass is 32.2. The number of aliphatic imine (C=N–C) groups is 1. The van der Waals surface area contributed by atoms with Crippen molar-refractivity contribution in [2.45, 2.75) is 69.6 Å². The minimum atomic E-state index is 0.329. The molecule has 2 aliphatic rings. The Morgan fingerprint density at radius 1 is 1.33 bits per heavy atom. The van der Waals surface area contributed by atoms with Crippen molar-refractivity contribution < 1.29 is 4.79 Å². The lowest BCUT2D eigenvalue weighted by molar-refractivity contribution is -0.130. The zero-order chi connectivity index (χ0) is 17.2. The summed E-state index contributed by atoms with van der Waals surface area (Å²) in [6, 6.07) is 0.549. The second-order valence-electron chi connectivity index (χ2n) is 6.82. The molecule has 2 rings (SSSR count). The van der Waals surface area contributed by atoms with Crippen LogP contribution in [0.3, 0.4) is 0 Å². The second-order valence-corrected chi connectivity index (χ2v) is 7.96. The number of guanidine groups is 1. The third kappa shape index (κ3) is 6.54. The fourth-order valence-corrected chi connectivity index (χ4v) is 4.32. The third-order valence-electron chi connectivity index (χ3n) is 4.93. The van der Waals surface area contributed by atoms with Gasteiger partial charge in [-0.25, -0.2) is 0 Å². The van der Waals surface area contributed by atoms with Crippen LogP contribution in [0, 0.1) is 0 Å². The summed E-state index contributed by atoms with van der Waals surface area (Å²) in [4.78, 5) is 18.7. The van der Waals surface area contributed by atoms with Gasteiger partial charge in [0.1, 0.15) is 0 Å². The van der Waals surface area contributed by atoms with Crippen molar-refractivity contribution in [2.75, 3.05) is 32.4 Å². The largest absolute Gasteiger partial charge is 0.357 e. The predicted octanol–water partition coefficient (Wildman–Crippen LogP) is 2.62. The van der Waals surface area contributed by atoms with Crippen LogP contribution in [0.25, 0.3) is 0 Å². The molecule has 1 heterocycles. The standard InChI is InChI=1S/C18H34N4OS/c1-3-19-18(21-15-9-10-16(14-15)24-2)20-11-7-13-22-12-6-4-5-8-17(22)23/h15-16H,3-14H2,1-2H3,(H2,19,20,21). The van der Waals surface area contributed by atoms with Gasteiger partial charge in [-0.1, -0.05) is 6.42 Å². The molecule has 1 amide bonds. The molecule has 6 heteroatoms. The monoisotopic (exact) mass is 354 g/mol. The topological polar surface area (TPSA) is 56.7 Å².